The predicted octanol–water partition coefficient (Wildman–Crippen LogP) is 2.70. The van der Waals surface area contributed by atoms with Crippen molar-refractivity contribution in [1.29, 1.82) is 0 Å². The van der Waals surface area contributed by atoms with Crippen molar-refractivity contribution in [3.05, 3.63) is 23.4 Å². The first-order chi connectivity index (χ1) is 7.56. The highest BCUT2D eigenvalue weighted by Gasteiger charge is 2.12. The van der Waals surface area contributed by atoms with E-state index >= 15 is 0 Å². The Balaban J connectivity index is 2.98. The molecule has 0 radical (unpaired) electrons. The monoisotopic (exact) mass is 223 g/mol. The molecule has 0 amide bonds. The van der Waals surface area contributed by atoms with E-state index in [0.29, 0.717) is 24.3 Å². The fourth-order valence-electron chi connectivity index (χ4n) is 1.65. The molecule has 3 nitrogen and oxygen atoms in total. The van der Waals surface area contributed by atoms with Crippen LogP contribution in [0.5, 0.6) is 5.88 Å². The van der Waals surface area contributed by atoms with E-state index in [-0.39, 0.29) is 6.61 Å². The summed E-state index contributed by atoms with van der Waals surface area (Å²) >= 11 is 0. The Morgan fingerprint density at radius 3 is 2.38 bits per heavy atom. The largest absolute Gasteiger partial charge is 0.475 e. The van der Waals surface area contributed by atoms with Crippen molar-refractivity contribution in [3.8, 4) is 5.88 Å². The van der Waals surface area contributed by atoms with Crippen LogP contribution in [-0.2, 0) is 0 Å². The average Bonchev–Trinajstić information content (AvgIpc) is 2.25. The summed E-state index contributed by atoms with van der Waals surface area (Å²) in [5.74, 6) is 1.45. The van der Waals surface area contributed by atoms with Crippen LogP contribution >= 0.6 is 0 Å². The number of aliphatic hydroxyl groups is 1. The van der Waals surface area contributed by atoms with Crippen LogP contribution in [-0.4, -0.2) is 23.3 Å². The summed E-state index contributed by atoms with van der Waals surface area (Å²) in [5.41, 5.74) is 2.36. The molecule has 0 bridgehead atoms. The normalized spacial score (nSPS) is 11.2. The Labute approximate surface area is 97.5 Å². The van der Waals surface area contributed by atoms with E-state index < -0.39 is 0 Å². The molecule has 0 saturated heterocycles. The number of aliphatic hydroxyl groups excluding tert-OH is 1. The van der Waals surface area contributed by atoms with Crippen molar-refractivity contribution < 1.29 is 9.84 Å². The summed E-state index contributed by atoms with van der Waals surface area (Å²) in [6, 6.07) is 3.94. The zero-order chi connectivity index (χ0) is 12.1. The second-order valence-corrected chi connectivity index (χ2v) is 4.51. The average molecular weight is 223 g/mol. The zero-order valence-electron chi connectivity index (χ0n) is 10.5. The molecule has 0 fully saturated rings. The molecule has 0 aromatic carbocycles. The number of aromatic nitrogens is 1. The maximum Gasteiger partial charge on any atom is 0.213 e. The number of nitrogens with zero attached hydrogens (tertiary/aromatic N) is 1. The molecule has 0 saturated carbocycles. The molecule has 1 heterocycles. The molecule has 0 aliphatic heterocycles. The molecule has 16 heavy (non-hydrogen) atoms. The van der Waals surface area contributed by atoms with Crippen LogP contribution in [0.4, 0.5) is 0 Å². The molecule has 0 unspecified atom stereocenters. The van der Waals surface area contributed by atoms with Crippen LogP contribution in [0.25, 0.3) is 0 Å². The zero-order valence-corrected chi connectivity index (χ0v) is 10.5. The summed E-state index contributed by atoms with van der Waals surface area (Å²) in [6.07, 6.45) is 0. The van der Waals surface area contributed by atoms with E-state index in [1.54, 1.807) is 0 Å². The summed E-state index contributed by atoms with van der Waals surface area (Å²) in [7, 11) is 0. The van der Waals surface area contributed by atoms with Gasteiger partial charge in [-0.25, -0.2) is 4.98 Å². The highest BCUT2D eigenvalue weighted by atomic mass is 16.5. The number of hydrogen-bond acceptors (Lipinski definition) is 3. The van der Waals surface area contributed by atoms with Gasteiger partial charge in [0.25, 0.3) is 0 Å². The summed E-state index contributed by atoms with van der Waals surface area (Å²) < 4.78 is 5.32. The highest BCUT2D eigenvalue weighted by Crippen LogP contribution is 2.26. The SMILES string of the molecule is CC(C)c1ccc(OCCO)nc1C(C)C. The number of pyridine rings is 1. The molecule has 3 heteroatoms. The van der Waals surface area contributed by atoms with Gasteiger partial charge in [0.1, 0.15) is 6.61 Å². The maximum absolute atomic E-state index is 8.70. The predicted molar refractivity (Wildman–Crippen MR) is 65.0 cm³/mol. The van der Waals surface area contributed by atoms with Crippen LogP contribution in [0.15, 0.2) is 12.1 Å². The van der Waals surface area contributed by atoms with Gasteiger partial charge in [-0.05, 0) is 17.4 Å². The maximum atomic E-state index is 8.70. The van der Waals surface area contributed by atoms with E-state index in [1.807, 2.05) is 6.07 Å². The second kappa shape index (κ2) is 5.85. The van der Waals surface area contributed by atoms with Crippen molar-refractivity contribution in [3.63, 3.8) is 0 Å². The Hall–Kier alpha value is -1.09. The first-order valence-corrected chi connectivity index (χ1v) is 5.80. The third kappa shape index (κ3) is 3.20. The van der Waals surface area contributed by atoms with Crippen LogP contribution in [0, 0.1) is 0 Å². The third-order valence-electron chi connectivity index (χ3n) is 2.44. The Kier molecular flexibility index (Phi) is 4.74. The summed E-state index contributed by atoms with van der Waals surface area (Å²) in [4.78, 5) is 4.50. The van der Waals surface area contributed by atoms with Crippen LogP contribution in [0.1, 0.15) is 50.8 Å². The molecule has 90 valence electrons. The highest BCUT2D eigenvalue weighted by molar-refractivity contribution is 5.30. The van der Waals surface area contributed by atoms with Crippen molar-refractivity contribution in [2.24, 2.45) is 0 Å². The van der Waals surface area contributed by atoms with Crippen LogP contribution in [0.2, 0.25) is 0 Å². The van der Waals surface area contributed by atoms with Gasteiger partial charge < -0.3 is 9.84 Å². The molecule has 0 aliphatic rings. The van der Waals surface area contributed by atoms with Gasteiger partial charge in [0, 0.05) is 6.07 Å². The first kappa shape index (κ1) is 13.0. The lowest BCUT2D eigenvalue weighted by molar-refractivity contribution is 0.196. The van der Waals surface area contributed by atoms with Crippen molar-refractivity contribution in [1.82, 2.24) is 4.98 Å². The third-order valence-corrected chi connectivity index (χ3v) is 2.44. The van der Waals surface area contributed by atoms with Gasteiger partial charge in [0.05, 0.1) is 12.3 Å². The Morgan fingerprint density at radius 1 is 1.19 bits per heavy atom. The Bertz CT molecular complexity index is 335. The minimum atomic E-state index is 0.0185. The lowest BCUT2D eigenvalue weighted by Gasteiger charge is -2.16. The van der Waals surface area contributed by atoms with Gasteiger partial charge in [-0.15, -0.1) is 0 Å². The molecule has 1 aromatic heterocycles. The molecule has 0 spiro atoms. The minimum Gasteiger partial charge on any atom is -0.475 e. The fraction of sp³-hybridized carbons (Fsp3) is 0.615. The lowest BCUT2D eigenvalue weighted by atomic mass is 9.95. The smallest absolute Gasteiger partial charge is 0.213 e. The van der Waals surface area contributed by atoms with Crippen LogP contribution < -0.4 is 4.74 Å². The van der Waals surface area contributed by atoms with E-state index in [9.17, 15) is 0 Å². The Morgan fingerprint density at radius 2 is 1.88 bits per heavy atom. The molecular weight excluding hydrogens is 202 g/mol. The van der Waals surface area contributed by atoms with E-state index in [1.165, 1.54) is 5.56 Å². The van der Waals surface area contributed by atoms with E-state index in [0.717, 1.165) is 5.69 Å². The standard InChI is InChI=1S/C13H21NO2/c1-9(2)11-5-6-12(16-8-7-15)14-13(11)10(3)4/h5-6,9-10,15H,7-8H2,1-4H3. The van der Waals surface area contributed by atoms with E-state index in [4.69, 9.17) is 9.84 Å². The molecular formula is C13H21NO2. The second-order valence-electron chi connectivity index (χ2n) is 4.51. The summed E-state index contributed by atoms with van der Waals surface area (Å²) in [6.45, 7) is 8.90. The van der Waals surface area contributed by atoms with Crippen molar-refractivity contribution in [2.45, 2.75) is 39.5 Å². The van der Waals surface area contributed by atoms with Crippen molar-refractivity contribution >= 4 is 0 Å². The van der Waals surface area contributed by atoms with Gasteiger partial charge in [-0.2, -0.15) is 0 Å². The molecule has 1 N–H and O–H groups in total. The topological polar surface area (TPSA) is 42.4 Å². The van der Waals surface area contributed by atoms with Gasteiger partial charge >= 0.3 is 0 Å². The van der Waals surface area contributed by atoms with E-state index in [2.05, 4.69) is 38.7 Å². The van der Waals surface area contributed by atoms with Gasteiger partial charge in [-0.1, -0.05) is 33.8 Å². The van der Waals surface area contributed by atoms with Crippen LogP contribution in [0.3, 0.4) is 0 Å². The lowest BCUT2D eigenvalue weighted by Crippen LogP contribution is -2.07. The number of rotatable bonds is 5. The molecule has 0 atom stereocenters. The van der Waals surface area contributed by atoms with Gasteiger partial charge in [0.2, 0.25) is 5.88 Å². The molecule has 1 rings (SSSR count). The fourth-order valence-corrected chi connectivity index (χ4v) is 1.65. The summed E-state index contributed by atoms with van der Waals surface area (Å²) in [5, 5.41) is 8.70. The number of ether oxygens (including phenoxy) is 1. The minimum absolute atomic E-state index is 0.0185. The first-order valence-electron chi connectivity index (χ1n) is 5.80. The quantitative estimate of drug-likeness (QED) is 0.834. The molecule has 1 aromatic rings. The van der Waals surface area contributed by atoms with Gasteiger partial charge in [-0.3, -0.25) is 0 Å². The van der Waals surface area contributed by atoms with Crippen molar-refractivity contribution in [2.75, 3.05) is 13.2 Å². The van der Waals surface area contributed by atoms with Gasteiger partial charge in [0.15, 0.2) is 0 Å². The molecule has 0 aliphatic carbocycles. The number of hydrogen-bond donors (Lipinski definition) is 1.